The number of rotatable bonds is 8. The van der Waals surface area contributed by atoms with Crippen molar-refractivity contribution in [3.8, 4) is 22.6 Å². The first-order chi connectivity index (χ1) is 16.5. The van der Waals surface area contributed by atoms with Gasteiger partial charge in [0.1, 0.15) is 17.7 Å². The fraction of sp³-hybridized carbons (Fsp3) is 0.240. The van der Waals surface area contributed by atoms with Crippen molar-refractivity contribution in [2.45, 2.75) is 6.23 Å². The van der Waals surface area contributed by atoms with Gasteiger partial charge in [-0.05, 0) is 23.3 Å². The van der Waals surface area contributed by atoms with E-state index in [0.29, 0.717) is 37.1 Å². The summed E-state index contributed by atoms with van der Waals surface area (Å²) in [6, 6.07) is 13.1. The molecule has 4 rings (SSSR count). The number of aliphatic carboxylic acids is 1. The molecule has 0 radical (unpaired) electrons. The maximum absolute atomic E-state index is 10.8. The lowest BCUT2D eigenvalue weighted by Gasteiger charge is -2.33. The van der Waals surface area contributed by atoms with Gasteiger partial charge in [0.25, 0.3) is 0 Å². The van der Waals surface area contributed by atoms with Crippen LogP contribution in [0, 0.1) is 0 Å². The SMILES string of the molecule is COc1cc(NC2CN(c3ncc(-c4cccc(/C=C/C(=O)O)c4)cn3)CCO2)cc(OC)c1. The smallest absolute Gasteiger partial charge is 0.328 e. The zero-order chi connectivity index (χ0) is 23.9. The topological polar surface area (TPSA) is 106 Å². The van der Waals surface area contributed by atoms with Crippen molar-refractivity contribution in [2.24, 2.45) is 0 Å². The van der Waals surface area contributed by atoms with E-state index in [1.165, 1.54) is 0 Å². The first-order valence-corrected chi connectivity index (χ1v) is 10.7. The molecule has 9 nitrogen and oxygen atoms in total. The third kappa shape index (κ3) is 5.81. The lowest BCUT2D eigenvalue weighted by Crippen LogP contribution is -2.46. The molecule has 1 atom stereocenters. The minimum Gasteiger partial charge on any atom is -0.497 e. The van der Waals surface area contributed by atoms with Crippen molar-refractivity contribution in [2.75, 3.05) is 44.1 Å². The molecule has 0 aliphatic carbocycles. The van der Waals surface area contributed by atoms with Gasteiger partial charge in [0.2, 0.25) is 5.95 Å². The normalized spacial score (nSPS) is 15.8. The number of methoxy groups -OCH3 is 2. The van der Waals surface area contributed by atoms with E-state index in [2.05, 4.69) is 20.2 Å². The van der Waals surface area contributed by atoms with E-state index in [1.807, 2.05) is 42.5 Å². The van der Waals surface area contributed by atoms with E-state index in [4.69, 9.17) is 19.3 Å². The standard InChI is InChI=1S/C25H26N4O5/c1-32-21-11-20(12-22(13-21)33-2)28-23-16-29(8-9-34-23)25-26-14-19(15-27-25)18-5-3-4-17(10-18)6-7-24(30)31/h3-7,10-15,23,28H,8-9,16H2,1-2H3,(H,30,31)/b7-6+. The minimum absolute atomic E-state index is 0.258. The molecule has 3 aromatic rings. The van der Waals surface area contributed by atoms with E-state index in [1.54, 1.807) is 32.7 Å². The first kappa shape index (κ1) is 23.1. The zero-order valence-corrected chi connectivity index (χ0v) is 19.0. The third-order valence-corrected chi connectivity index (χ3v) is 5.30. The molecule has 34 heavy (non-hydrogen) atoms. The number of hydrogen-bond donors (Lipinski definition) is 2. The summed E-state index contributed by atoms with van der Waals surface area (Å²) >= 11 is 0. The number of ether oxygens (including phenoxy) is 3. The monoisotopic (exact) mass is 462 g/mol. The van der Waals surface area contributed by atoms with Gasteiger partial charge in [0, 0.05) is 54.5 Å². The van der Waals surface area contributed by atoms with Crippen molar-refractivity contribution in [3.05, 3.63) is 66.5 Å². The van der Waals surface area contributed by atoms with E-state index in [0.717, 1.165) is 28.5 Å². The summed E-state index contributed by atoms with van der Waals surface area (Å²) in [4.78, 5) is 21.9. The number of anilines is 2. The van der Waals surface area contributed by atoms with Crippen molar-refractivity contribution in [3.63, 3.8) is 0 Å². The van der Waals surface area contributed by atoms with Crippen LogP contribution in [0.5, 0.6) is 11.5 Å². The summed E-state index contributed by atoms with van der Waals surface area (Å²) in [6.07, 6.45) is 5.95. The van der Waals surface area contributed by atoms with Gasteiger partial charge in [-0.3, -0.25) is 0 Å². The molecule has 1 aliphatic rings. The summed E-state index contributed by atoms with van der Waals surface area (Å²) in [7, 11) is 3.23. The molecule has 2 N–H and O–H groups in total. The Morgan fingerprint density at radius 3 is 2.53 bits per heavy atom. The highest BCUT2D eigenvalue weighted by atomic mass is 16.5. The number of benzene rings is 2. The largest absolute Gasteiger partial charge is 0.497 e. The van der Waals surface area contributed by atoms with Gasteiger partial charge in [-0.1, -0.05) is 18.2 Å². The van der Waals surface area contributed by atoms with E-state index in [9.17, 15) is 4.79 Å². The number of carboxylic acids is 1. The van der Waals surface area contributed by atoms with Crippen LogP contribution in [0.1, 0.15) is 5.56 Å². The minimum atomic E-state index is -0.984. The molecule has 2 heterocycles. The fourth-order valence-corrected chi connectivity index (χ4v) is 3.62. The molecule has 1 saturated heterocycles. The van der Waals surface area contributed by atoms with Crippen LogP contribution in [0.4, 0.5) is 11.6 Å². The number of nitrogens with zero attached hydrogens (tertiary/aromatic N) is 3. The van der Waals surface area contributed by atoms with Crippen molar-refractivity contribution >= 4 is 23.7 Å². The Morgan fingerprint density at radius 2 is 1.85 bits per heavy atom. The Balaban J connectivity index is 1.44. The van der Waals surface area contributed by atoms with Crippen molar-refractivity contribution in [1.29, 1.82) is 0 Å². The molecule has 0 bridgehead atoms. The van der Waals surface area contributed by atoms with Gasteiger partial charge in [-0.15, -0.1) is 0 Å². The second-order valence-corrected chi connectivity index (χ2v) is 7.62. The molecule has 1 aromatic heterocycles. The molecule has 1 aliphatic heterocycles. The summed E-state index contributed by atoms with van der Waals surface area (Å²) in [5.74, 6) is 1.01. The molecule has 9 heteroatoms. The molecule has 176 valence electrons. The van der Waals surface area contributed by atoms with Gasteiger partial charge in [-0.2, -0.15) is 0 Å². The Morgan fingerprint density at radius 1 is 1.12 bits per heavy atom. The van der Waals surface area contributed by atoms with Crippen LogP contribution in [-0.4, -0.2) is 61.2 Å². The summed E-state index contributed by atoms with van der Waals surface area (Å²) in [6.45, 7) is 1.77. The average molecular weight is 463 g/mol. The van der Waals surface area contributed by atoms with Crippen LogP contribution >= 0.6 is 0 Å². The highest BCUT2D eigenvalue weighted by Crippen LogP contribution is 2.27. The van der Waals surface area contributed by atoms with Gasteiger partial charge < -0.3 is 29.5 Å². The molecule has 0 amide bonds. The van der Waals surface area contributed by atoms with Gasteiger partial charge in [0.15, 0.2) is 0 Å². The van der Waals surface area contributed by atoms with Gasteiger partial charge >= 0.3 is 5.97 Å². The number of aromatic nitrogens is 2. The lowest BCUT2D eigenvalue weighted by molar-refractivity contribution is -0.131. The van der Waals surface area contributed by atoms with Crippen LogP contribution in [0.25, 0.3) is 17.2 Å². The maximum atomic E-state index is 10.8. The summed E-state index contributed by atoms with van der Waals surface area (Å²) in [5.41, 5.74) is 3.38. The highest BCUT2D eigenvalue weighted by Gasteiger charge is 2.22. The Kier molecular flexibility index (Phi) is 7.24. The van der Waals surface area contributed by atoms with Gasteiger partial charge in [0.05, 0.1) is 27.4 Å². The molecular formula is C25H26N4O5. The highest BCUT2D eigenvalue weighted by molar-refractivity contribution is 5.85. The fourth-order valence-electron chi connectivity index (χ4n) is 3.62. The molecule has 2 aromatic carbocycles. The predicted octanol–water partition coefficient (Wildman–Crippen LogP) is 3.53. The molecule has 1 unspecified atom stereocenters. The number of nitrogens with one attached hydrogen (secondary N) is 1. The predicted molar refractivity (Wildman–Crippen MR) is 129 cm³/mol. The van der Waals surface area contributed by atoms with Crippen LogP contribution in [0.2, 0.25) is 0 Å². The van der Waals surface area contributed by atoms with Crippen LogP contribution in [-0.2, 0) is 9.53 Å². The zero-order valence-electron chi connectivity index (χ0n) is 19.0. The van der Waals surface area contributed by atoms with Gasteiger partial charge in [-0.25, -0.2) is 14.8 Å². The summed E-state index contributed by atoms with van der Waals surface area (Å²) in [5, 5.41) is 12.2. The van der Waals surface area contributed by atoms with Crippen LogP contribution < -0.4 is 19.7 Å². The Bertz CT molecular complexity index is 1140. The Hall–Kier alpha value is -4.11. The van der Waals surface area contributed by atoms with Crippen LogP contribution in [0.3, 0.4) is 0 Å². The number of carboxylic acid groups (broad SMARTS) is 1. The number of morpholine rings is 1. The Labute approximate surface area is 197 Å². The van der Waals surface area contributed by atoms with E-state index in [-0.39, 0.29) is 6.23 Å². The quantitative estimate of drug-likeness (QED) is 0.486. The van der Waals surface area contributed by atoms with E-state index < -0.39 is 5.97 Å². The third-order valence-electron chi connectivity index (χ3n) is 5.30. The van der Waals surface area contributed by atoms with E-state index >= 15 is 0 Å². The molecule has 1 fully saturated rings. The first-order valence-electron chi connectivity index (χ1n) is 10.7. The summed E-state index contributed by atoms with van der Waals surface area (Å²) < 4.78 is 16.6. The number of hydrogen-bond acceptors (Lipinski definition) is 8. The second-order valence-electron chi connectivity index (χ2n) is 7.62. The van der Waals surface area contributed by atoms with Crippen LogP contribution in [0.15, 0.2) is 60.9 Å². The second kappa shape index (κ2) is 10.7. The molecule has 0 spiro atoms. The van der Waals surface area contributed by atoms with Crippen molar-refractivity contribution < 1.29 is 24.1 Å². The maximum Gasteiger partial charge on any atom is 0.328 e. The number of carbonyl (C=O) groups is 1. The van der Waals surface area contributed by atoms with Crippen molar-refractivity contribution in [1.82, 2.24) is 9.97 Å². The average Bonchev–Trinajstić information content (AvgIpc) is 2.87. The lowest BCUT2D eigenvalue weighted by atomic mass is 10.1. The molecule has 0 saturated carbocycles. The molecular weight excluding hydrogens is 436 g/mol.